The molecule has 0 aliphatic heterocycles. The van der Waals surface area contributed by atoms with Crippen molar-refractivity contribution >= 4 is 17.3 Å². The Labute approximate surface area is 129 Å². The van der Waals surface area contributed by atoms with Crippen molar-refractivity contribution in [1.82, 2.24) is 4.98 Å². The van der Waals surface area contributed by atoms with E-state index in [0.717, 1.165) is 23.5 Å². The van der Waals surface area contributed by atoms with E-state index < -0.39 is 0 Å². The highest BCUT2D eigenvalue weighted by atomic mass is 32.1. The van der Waals surface area contributed by atoms with E-state index in [-0.39, 0.29) is 12.4 Å². The van der Waals surface area contributed by atoms with Crippen molar-refractivity contribution in [1.29, 1.82) is 0 Å². The van der Waals surface area contributed by atoms with Crippen LogP contribution in [-0.4, -0.2) is 17.6 Å². The summed E-state index contributed by atoms with van der Waals surface area (Å²) in [6, 6.07) is 10.3. The molecule has 0 amide bonds. The molecule has 1 aromatic carbocycles. The Morgan fingerprint density at radius 1 is 1.33 bits per heavy atom. The molecule has 0 aliphatic carbocycles. The van der Waals surface area contributed by atoms with Crippen LogP contribution in [0.5, 0.6) is 0 Å². The first-order valence-electron chi connectivity index (χ1n) is 6.90. The zero-order valence-electron chi connectivity index (χ0n) is 12.0. The van der Waals surface area contributed by atoms with Gasteiger partial charge in [-0.25, -0.2) is 4.98 Å². The van der Waals surface area contributed by atoms with E-state index in [1.165, 1.54) is 16.9 Å². The maximum Gasteiger partial charge on any atom is 0.311 e. The summed E-state index contributed by atoms with van der Waals surface area (Å²) in [5, 5.41) is 2.61. The lowest BCUT2D eigenvalue weighted by atomic mass is 10.1. The predicted octanol–water partition coefficient (Wildman–Crippen LogP) is 3.23. The minimum atomic E-state index is -0.244. The van der Waals surface area contributed by atoms with Gasteiger partial charge in [0.15, 0.2) is 5.01 Å². The molecule has 21 heavy (non-hydrogen) atoms. The third kappa shape index (κ3) is 5.41. The molecular weight excluding hydrogens is 282 g/mol. The second kappa shape index (κ2) is 8.23. The summed E-state index contributed by atoms with van der Waals surface area (Å²) >= 11 is 1.46. The standard InChI is InChI=1S/C17H17NO2S/c1-2-20-17(19)12-15-13-21-16(18-15)11-7-6-10-14-8-4-3-5-9-14/h3-5,8-9,13H,2,6,10,12H2,1H3. The number of ether oxygens (including phenoxy) is 1. The van der Waals surface area contributed by atoms with Gasteiger partial charge < -0.3 is 4.74 Å². The summed E-state index contributed by atoms with van der Waals surface area (Å²) in [7, 11) is 0. The molecule has 0 N–H and O–H groups in total. The average molecular weight is 299 g/mol. The lowest BCUT2D eigenvalue weighted by Gasteiger charge is -1.97. The molecule has 0 aliphatic rings. The first-order valence-corrected chi connectivity index (χ1v) is 7.78. The van der Waals surface area contributed by atoms with Crippen molar-refractivity contribution in [2.75, 3.05) is 6.61 Å². The highest BCUT2D eigenvalue weighted by molar-refractivity contribution is 7.10. The third-order valence-corrected chi connectivity index (χ3v) is 3.57. The van der Waals surface area contributed by atoms with Gasteiger partial charge in [0.05, 0.1) is 18.7 Å². The molecule has 1 heterocycles. The molecule has 0 unspecified atom stereocenters. The fourth-order valence-corrected chi connectivity index (χ4v) is 2.48. The maximum atomic E-state index is 11.3. The Balaban J connectivity index is 1.83. The number of carbonyl (C=O) groups is 1. The first-order chi connectivity index (χ1) is 10.3. The second-order valence-electron chi connectivity index (χ2n) is 4.41. The molecule has 0 saturated heterocycles. The van der Waals surface area contributed by atoms with Crippen LogP contribution in [0, 0.1) is 11.8 Å². The SMILES string of the molecule is CCOC(=O)Cc1csc(C#CCCc2ccccc2)n1. The van der Waals surface area contributed by atoms with Gasteiger partial charge in [0.2, 0.25) is 0 Å². The molecule has 0 bridgehead atoms. The topological polar surface area (TPSA) is 39.2 Å². The smallest absolute Gasteiger partial charge is 0.311 e. The lowest BCUT2D eigenvalue weighted by molar-refractivity contribution is -0.142. The van der Waals surface area contributed by atoms with Crippen LogP contribution in [0.3, 0.4) is 0 Å². The predicted molar refractivity (Wildman–Crippen MR) is 84.1 cm³/mol. The Bertz CT molecular complexity index is 638. The Morgan fingerprint density at radius 2 is 2.14 bits per heavy atom. The highest BCUT2D eigenvalue weighted by Gasteiger charge is 2.07. The summed E-state index contributed by atoms with van der Waals surface area (Å²) in [6.07, 6.45) is 1.96. The van der Waals surface area contributed by atoms with Crippen molar-refractivity contribution in [3.8, 4) is 11.8 Å². The zero-order valence-corrected chi connectivity index (χ0v) is 12.8. The number of aromatic nitrogens is 1. The quantitative estimate of drug-likeness (QED) is 0.628. The zero-order chi connectivity index (χ0) is 14.9. The Hall–Kier alpha value is -2.12. The summed E-state index contributed by atoms with van der Waals surface area (Å²) in [6.45, 7) is 2.19. The van der Waals surface area contributed by atoms with Gasteiger partial charge >= 0.3 is 5.97 Å². The largest absolute Gasteiger partial charge is 0.466 e. The molecule has 0 fully saturated rings. The van der Waals surface area contributed by atoms with Gasteiger partial charge in [-0.2, -0.15) is 0 Å². The van der Waals surface area contributed by atoms with Crippen LogP contribution in [0.2, 0.25) is 0 Å². The van der Waals surface area contributed by atoms with Crippen molar-refractivity contribution in [3.05, 3.63) is 52.0 Å². The Kier molecular flexibility index (Phi) is 5.99. The molecule has 0 spiro atoms. The fourth-order valence-electron chi connectivity index (χ4n) is 1.80. The number of aryl methyl sites for hydroxylation is 1. The fraction of sp³-hybridized carbons (Fsp3) is 0.294. The van der Waals surface area contributed by atoms with Crippen LogP contribution in [-0.2, 0) is 22.4 Å². The number of rotatable bonds is 5. The molecule has 4 heteroatoms. The molecule has 0 saturated carbocycles. The van der Waals surface area contributed by atoms with Crippen LogP contribution >= 0.6 is 11.3 Å². The number of hydrogen-bond acceptors (Lipinski definition) is 4. The number of esters is 1. The van der Waals surface area contributed by atoms with Gasteiger partial charge in [0, 0.05) is 11.8 Å². The van der Waals surface area contributed by atoms with Gasteiger partial charge in [-0.1, -0.05) is 36.3 Å². The Morgan fingerprint density at radius 3 is 2.90 bits per heavy atom. The summed E-state index contributed by atoms with van der Waals surface area (Å²) in [4.78, 5) is 15.7. The van der Waals surface area contributed by atoms with E-state index in [1.807, 2.05) is 23.6 Å². The van der Waals surface area contributed by atoms with Gasteiger partial charge in [0.25, 0.3) is 0 Å². The first kappa shape index (κ1) is 15.3. The minimum Gasteiger partial charge on any atom is -0.466 e. The van der Waals surface area contributed by atoms with Crippen LogP contribution in [0.1, 0.15) is 29.6 Å². The normalized spacial score (nSPS) is 9.76. The third-order valence-electron chi connectivity index (χ3n) is 2.76. The molecule has 108 valence electrons. The summed E-state index contributed by atoms with van der Waals surface area (Å²) < 4.78 is 4.89. The van der Waals surface area contributed by atoms with Gasteiger partial charge in [-0.3, -0.25) is 4.79 Å². The van der Waals surface area contributed by atoms with Gasteiger partial charge in [-0.15, -0.1) is 11.3 Å². The van der Waals surface area contributed by atoms with E-state index in [9.17, 15) is 4.79 Å². The lowest BCUT2D eigenvalue weighted by Crippen LogP contribution is -2.07. The number of thiazole rings is 1. The summed E-state index contributed by atoms with van der Waals surface area (Å²) in [5.74, 6) is 5.93. The molecule has 0 radical (unpaired) electrons. The number of hydrogen-bond donors (Lipinski definition) is 0. The van der Waals surface area contributed by atoms with Crippen molar-refractivity contribution in [3.63, 3.8) is 0 Å². The molecular formula is C17H17NO2S. The van der Waals surface area contributed by atoms with E-state index in [1.54, 1.807) is 6.92 Å². The van der Waals surface area contributed by atoms with Crippen LogP contribution in [0.25, 0.3) is 0 Å². The molecule has 2 aromatic rings. The second-order valence-corrected chi connectivity index (χ2v) is 5.27. The van der Waals surface area contributed by atoms with Crippen molar-refractivity contribution in [2.24, 2.45) is 0 Å². The molecule has 3 nitrogen and oxygen atoms in total. The van der Waals surface area contributed by atoms with E-state index >= 15 is 0 Å². The molecule has 2 rings (SSSR count). The van der Waals surface area contributed by atoms with Crippen LogP contribution in [0.4, 0.5) is 0 Å². The number of nitrogens with zero attached hydrogens (tertiary/aromatic N) is 1. The van der Waals surface area contributed by atoms with E-state index in [4.69, 9.17) is 4.74 Å². The molecule has 0 atom stereocenters. The van der Waals surface area contributed by atoms with Crippen molar-refractivity contribution in [2.45, 2.75) is 26.2 Å². The monoisotopic (exact) mass is 299 g/mol. The van der Waals surface area contributed by atoms with Crippen LogP contribution < -0.4 is 0 Å². The number of benzene rings is 1. The van der Waals surface area contributed by atoms with E-state index in [0.29, 0.717) is 6.61 Å². The minimum absolute atomic E-state index is 0.218. The van der Waals surface area contributed by atoms with Gasteiger partial charge in [-0.05, 0) is 24.8 Å². The maximum absolute atomic E-state index is 11.3. The van der Waals surface area contributed by atoms with Crippen molar-refractivity contribution < 1.29 is 9.53 Å². The van der Waals surface area contributed by atoms with Gasteiger partial charge in [0.1, 0.15) is 0 Å². The highest BCUT2D eigenvalue weighted by Crippen LogP contribution is 2.10. The average Bonchev–Trinajstić information content (AvgIpc) is 2.92. The summed E-state index contributed by atoms with van der Waals surface area (Å²) in [5.41, 5.74) is 2.01. The van der Waals surface area contributed by atoms with Crippen LogP contribution in [0.15, 0.2) is 35.7 Å². The van der Waals surface area contributed by atoms with E-state index in [2.05, 4.69) is 29.0 Å². The number of carbonyl (C=O) groups excluding carboxylic acids is 1. The molecule has 1 aromatic heterocycles.